The van der Waals surface area contributed by atoms with Crippen LogP contribution in [-0.2, 0) is 20.9 Å². The number of hydrogen-bond donors (Lipinski definition) is 0. The van der Waals surface area contributed by atoms with Crippen LogP contribution in [0.3, 0.4) is 0 Å². The number of ether oxygens (including phenoxy) is 1. The molecule has 3 atom stereocenters. The van der Waals surface area contributed by atoms with Gasteiger partial charge in [-0.15, -0.1) is 0 Å². The van der Waals surface area contributed by atoms with Gasteiger partial charge in [-0.05, 0) is 24.8 Å². The van der Waals surface area contributed by atoms with Gasteiger partial charge < -0.3 is 4.74 Å². The number of benzene rings is 1. The Balaban J connectivity index is 1.62. The van der Waals surface area contributed by atoms with Crippen LogP contribution in [0.5, 0.6) is 0 Å². The van der Waals surface area contributed by atoms with E-state index in [2.05, 4.69) is 0 Å². The number of rotatable bonds is 3. The Morgan fingerprint density at radius 3 is 2.60 bits per heavy atom. The Bertz CT molecular complexity index is 494. The Labute approximate surface area is 119 Å². The molecule has 2 saturated carbocycles. The molecule has 0 spiro atoms. The van der Waals surface area contributed by atoms with Crippen molar-refractivity contribution in [2.45, 2.75) is 44.8 Å². The summed E-state index contributed by atoms with van der Waals surface area (Å²) in [6.07, 6.45) is 3.34. The van der Waals surface area contributed by atoms with E-state index in [0.717, 1.165) is 18.4 Å². The molecular weight excluding hydrogens is 252 g/mol. The molecule has 0 heterocycles. The quantitative estimate of drug-likeness (QED) is 0.849. The highest BCUT2D eigenvalue weighted by molar-refractivity contribution is 5.92. The fourth-order valence-corrected chi connectivity index (χ4v) is 3.38. The topological polar surface area (TPSA) is 43.4 Å². The molecule has 3 heteroatoms. The predicted octanol–water partition coefficient (Wildman–Crippen LogP) is 2.92. The van der Waals surface area contributed by atoms with Gasteiger partial charge in [0.2, 0.25) is 0 Å². The summed E-state index contributed by atoms with van der Waals surface area (Å²) in [4.78, 5) is 23.8. The fraction of sp³-hybridized carbons (Fsp3) is 0.529. The molecule has 3 unspecified atom stereocenters. The summed E-state index contributed by atoms with van der Waals surface area (Å²) in [5.74, 6) is 0.496. The van der Waals surface area contributed by atoms with Crippen molar-refractivity contribution >= 4 is 11.6 Å². The summed E-state index contributed by atoms with van der Waals surface area (Å²) >= 11 is 0. The van der Waals surface area contributed by atoms with Crippen LogP contribution in [0.2, 0.25) is 0 Å². The minimum absolute atomic E-state index is 0.0426. The summed E-state index contributed by atoms with van der Waals surface area (Å²) in [7, 11) is 0. The first-order valence-electron chi connectivity index (χ1n) is 7.43. The van der Waals surface area contributed by atoms with Gasteiger partial charge in [-0.2, -0.15) is 0 Å². The van der Waals surface area contributed by atoms with Crippen molar-refractivity contribution in [3.8, 4) is 0 Å². The van der Waals surface area contributed by atoms with E-state index in [1.54, 1.807) is 0 Å². The first kappa shape index (κ1) is 13.5. The smallest absolute Gasteiger partial charge is 0.139 e. The van der Waals surface area contributed by atoms with Crippen molar-refractivity contribution in [3.63, 3.8) is 0 Å². The molecule has 3 rings (SSSR count). The monoisotopic (exact) mass is 272 g/mol. The maximum absolute atomic E-state index is 12.2. The van der Waals surface area contributed by atoms with Gasteiger partial charge in [-0.3, -0.25) is 9.59 Å². The molecule has 2 bridgehead atoms. The molecule has 2 aliphatic rings. The standard InChI is InChI=1S/C17H20O3/c18-15-7-6-13-9-16(10-14(8-15)17(13)19)20-11-12-4-2-1-3-5-12/h1-5,13-14,16H,6-11H2. The van der Waals surface area contributed by atoms with Gasteiger partial charge in [0.25, 0.3) is 0 Å². The number of hydrogen-bond acceptors (Lipinski definition) is 3. The summed E-state index contributed by atoms with van der Waals surface area (Å²) in [6.45, 7) is 0.590. The molecule has 1 aromatic rings. The average Bonchev–Trinajstić information content (AvgIpc) is 2.55. The lowest BCUT2D eigenvalue weighted by Crippen LogP contribution is -2.35. The zero-order chi connectivity index (χ0) is 13.9. The molecule has 0 amide bonds. The average molecular weight is 272 g/mol. The molecule has 3 nitrogen and oxygen atoms in total. The zero-order valence-corrected chi connectivity index (χ0v) is 11.6. The van der Waals surface area contributed by atoms with Crippen LogP contribution >= 0.6 is 0 Å². The summed E-state index contributed by atoms with van der Waals surface area (Å²) in [5.41, 5.74) is 1.16. The van der Waals surface area contributed by atoms with Crippen LogP contribution in [0, 0.1) is 11.8 Å². The van der Waals surface area contributed by atoms with Crippen molar-refractivity contribution in [1.82, 2.24) is 0 Å². The lowest BCUT2D eigenvalue weighted by atomic mass is 9.78. The third-order valence-corrected chi connectivity index (χ3v) is 4.47. The molecule has 0 saturated heterocycles. The third-order valence-electron chi connectivity index (χ3n) is 4.47. The minimum Gasteiger partial charge on any atom is -0.373 e. The highest BCUT2D eigenvalue weighted by Gasteiger charge is 2.39. The third kappa shape index (κ3) is 2.98. The van der Waals surface area contributed by atoms with Crippen molar-refractivity contribution in [2.24, 2.45) is 11.8 Å². The molecule has 2 fully saturated rings. The lowest BCUT2D eigenvalue weighted by Gasteiger charge is -2.31. The van der Waals surface area contributed by atoms with Crippen molar-refractivity contribution in [1.29, 1.82) is 0 Å². The van der Waals surface area contributed by atoms with Crippen LogP contribution in [0.1, 0.15) is 37.7 Å². The molecule has 0 N–H and O–H groups in total. The van der Waals surface area contributed by atoms with Crippen LogP contribution in [0.25, 0.3) is 0 Å². The number of ketones is 2. The molecule has 0 radical (unpaired) electrons. The molecular formula is C17H20O3. The van der Waals surface area contributed by atoms with E-state index in [1.165, 1.54) is 0 Å². The van der Waals surface area contributed by atoms with Crippen LogP contribution in [-0.4, -0.2) is 17.7 Å². The molecule has 0 aromatic heterocycles. The summed E-state index contributed by atoms with van der Waals surface area (Å²) in [6, 6.07) is 10.1. The van der Waals surface area contributed by atoms with Gasteiger partial charge >= 0.3 is 0 Å². The maximum atomic E-state index is 12.2. The Hall–Kier alpha value is -1.48. The summed E-state index contributed by atoms with van der Waals surface area (Å²) in [5, 5.41) is 0. The highest BCUT2D eigenvalue weighted by Crippen LogP contribution is 2.36. The molecule has 2 aliphatic carbocycles. The van der Waals surface area contributed by atoms with E-state index in [-0.39, 0.29) is 23.7 Å². The van der Waals surface area contributed by atoms with Crippen molar-refractivity contribution in [3.05, 3.63) is 35.9 Å². The van der Waals surface area contributed by atoms with E-state index < -0.39 is 0 Å². The fourth-order valence-electron chi connectivity index (χ4n) is 3.38. The maximum Gasteiger partial charge on any atom is 0.139 e. The number of carbonyl (C=O) groups is 2. The van der Waals surface area contributed by atoms with Crippen LogP contribution in [0.15, 0.2) is 30.3 Å². The molecule has 106 valence electrons. The van der Waals surface area contributed by atoms with Gasteiger partial charge in [0.15, 0.2) is 0 Å². The van der Waals surface area contributed by atoms with Gasteiger partial charge in [-0.25, -0.2) is 0 Å². The second-order valence-corrected chi connectivity index (χ2v) is 5.97. The van der Waals surface area contributed by atoms with E-state index in [1.807, 2.05) is 30.3 Å². The van der Waals surface area contributed by atoms with E-state index in [0.29, 0.717) is 31.7 Å². The number of Topliss-reactive ketones (excluding diaryl/α,β-unsaturated/α-hetero) is 2. The predicted molar refractivity (Wildman–Crippen MR) is 75.1 cm³/mol. The minimum atomic E-state index is -0.0930. The van der Waals surface area contributed by atoms with Crippen molar-refractivity contribution < 1.29 is 14.3 Å². The Kier molecular flexibility index (Phi) is 3.97. The lowest BCUT2D eigenvalue weighted by molar-refractivity contribution is -0.135. The zero-order valence-electron chi connectivity index (χ0n) is 11.6. The van der Waals surface area contributed by atoms with E-state index in [9.17, 15) is 9.59 Å². The Morgan fingerprint density at radius 1 is 1.05 bits per heavy atom. The van der Waals surface area contributed by atoms with E-state index in [4.69, 9.17) is 4.74 Å². The molecule has 20 heavy (non-hydrogen) atoms. The summed E-state index contributed by atoms with van der Waals surface area (Å²) < 4.78 is 5.98. The Morgan fingerprint density at radius 2 is 1.80 bits per heavy atom. The normalized spacial score (nSPS) is 30.1. The highest BCUT2D eigenvalue weighted by atomic mass is 16.5. The SMILES string of the molecule is O=C1CCC2CC(OCc3ccccc3)CC(C1)C2=O. The van der Waals surface area contributed by atoms with Gasteiger partial charge in [0.05, 0.1) is 12.7 Å². The number of fused-ring (bicyclic) bond motifs is 2. The second kappa shape index (κ2) is 5.88. The van der Waals surface area contributed by atoms with Crippen molar-refractivity contribution in [2.75, 3.05) is 0 Å². The first-order chi connectivity index (χ1) is 9.72. The number of carbonyl (C=O) groups excluding carboxylic acids is 2. The molecule has 1 aromatic carbocycles. The largest absolute Gasteiger partial charge is 0.373 e. The van der Waals surface area contributed by atoms with Gasteiger partial charge in [0, 0.05) is 24.7 Å². The first-order valence-corrected chi connectivity index (χ1v) is 7.43. The van der Waals surface area contributed by atoms with Crippen LogP contribution in [0.4, 0.5) is 0 Å². The second-order valence-electron chi connectivity index (χ2n) is 5.97. The van der Waals surface area contributed by atoms with E-state index >= 15 is 0 Å². The van der Waals surface area contributed by atoms with Crippen LogP contribution < -0.4 is 0 Å². The molecule has 0 aliphatic heterocycles. The van der Waals surface area contributed by atoms with Gasteiger partial charge in [-0.1, -0.05) is 30.3 Å². The van der Waals surface area contributed by atoms with Gasteiger partial charge in [0.1, 0.15) is 11.6 Å².